The number of likely N-dealkylation sites (tertiary alicyclic amines) is 1. The van der Waals surface area contributed by atoms with E-state index in [0.717, 1.165) is 13.0 Å². The molecule has 2 saturated heterocycles. The van der Waals surface area contributed by atoms with E-state index in [0.29, 0.717) is 24.4 Å². The van der Waals surface area contributed by atoms with Crippen LogP contribution in [0.1, 0.15) is 6.42 Å². The summed E-state index contributed by atoms with van der Waals surface area (Å²) in [6, 6.07) is 0.483. The van der Waals surface area contributed by atoms with Crippen LogP contribution in [0.2, 0.25) is 0 Å². The van der Waals surface area contributed by atoms with Crippen LogP contribution in [0.25, 0.3) is 0 Å². The number of carboxylic acid groups (broad SMARTS) is 1. The maximum Gasteiger partial charge on any atom is 0.407 e. The fourth-order valence-corrected chi connectivity index (χ4v) is 3.29. The SMILES string of the molecule is O=C(O)N1CCC2CNC3C=CC=CC3[C@@H]21. The number of amides is 1. The Kier molecular flexibility index (Phi) is 2.24. The molecule has 0 aromatic carbocycles. The number of hydrogen-bond donors (Lipinski definition) is 2. The zero-order valence-electron chi connectivity index (χ0n) is 9.04. The average molecular weight is 220 g/mol. The molecule has 0 saturated carbocycles. The van der Waals surface area contributed by atoms with Gasteiger partial charge in [0.2, 0.25) is 0 Å². The molecular weight excluding hydrogens is 204 g/mol. The summed E-state index contributed by atoms with van der Waals surface area (Å²) in [4.78, 5) is 12.8. The molecule has 2 heterocycles. The molecule has 3 unspecified atom stereocenters. The molecule has 4 heteroatoms. The smallest absolute Gasteiger partial charge is 0.407 e. The Labute approximate surface area is 94.6 Å². The third-order valence-electron chi connectivity index (χ3n) is 4.02. The highest BCUT2D eigenvalue weighted by molar-refractivity contribution is 5.66. The van der Waals surface area contributed by atoms with Crippen molar-refractivity contribution in [1.82, 2.24) is 10.2 Å². The minimum Gasteiger partial charge on any atom is -0.465 e. The van der Waals surface area contributed by atoms with Gasteiger partial charge in [-0.15, -0.1) is 0 Å². The lowest BCUT2D eigenvalue weighted by Crippen LogP contribution is -2.56. The molecular formula is C12H16N2O2. The number of hydrogen-bond acceptors (Lipinski definition) is 2. The van der Waals surface area contributed by atoms with Crippen molar-refractivity contribution >= 4 is 6.09 Å². The summed E-state index contributed by atoms with van der Waals surface area (Å²) < 4.78 is 0. The van der Waals surface area contributed by atoms with Crippen LogP contribution in [0.3, 0.4) is 0 Å². The summed E-state index contributed by atoms with van der Waals surface area (Å²) in [7, 11) is 0. The number of nitrogens with zero attached hydrogens (tertiary/aromatic N) is 1. The van der Waals surface area contributed by atoms with E-state index >= 15 is 0 Å². The molecule has 2 N–H and O–H groups in total. The zero-order valence-corrected chi connectivity index (χ0v) is 9.04. The Balaban J connectivity index is 1.89. The molecule has 86 valence electrons. The highest BCUT2D eigenvalue weighted by atomic mass is 16.4. The summed E-state index contributed by atoms with van der Waals surface area (Å²) >= 11 is 0. The second kappa shape index (κ2) is 3.63. The van der Waals surface area contributed by atoms with Crippen LogP contribution in [-0.2, 0) is 0 Å². The van der Waals surface area contributed by atoms with E-state index in [1.165, 1.54) is 0 Å². The third kappa shape index (κ3) is 1.37. The standard InChI is InChI=1S/C12H16N2O2/c15-12(16)14-6-5-8-7-13-10-4-2-1-3-9(10)11(8)14/h1-4,8-11,13H,5-7H2,(H,15,16)/t8?,9?,10?,11-/m1/s1. The summed E-state index contributed by atoms with van der Waals surface area (Å²) in [6.45, 7) is 1.63. The summed E-state index contributed by atoms with van der Waals surface area (Å²) in [5.74, 6) is 0.788. The molecule has 2 fully saturated rings. The van der Waals surface area contributed by atoms with Crippen molar-refractivity contribution in [2.24, 2.45) is 11.8 Å². The molecule has 1 amide bonds. The summed E-state index contributed by atoms with van der Waals surface area (Å²) in [5, 5.41) is 12.7. The van der Waals surface area contributed by atoms with Gasteiger partial charge in [-0.3, -0.25) is 0 Å². The van der Waals surface area contributed by atoms with Gasteiger partial charge in [0, 0.05) is 31.1 Å². The highest BCUT2D eigenvalue weighted by Crippen LogP contribution is 2.36. The van der Waals surface area contributed by atoms with E-state index in [2.05, 4.69) is 17.5 Å². The van der Waals surface area contributed by atoms with Crippen LogP contribution in [0.5, 0.6) is 0 Å². The van der Waals surface area contributed by atoms with Gasteiger partial charge < -0.3 is 15.3 Å². The summed E-state index contributed by atoms with van der Waals surface area (Å²) in [6.07, 6.45) is 8.58. The van der Waals surface area contributed by atoms with Gasteiger partial charge in [0.1, 0.15) is 0 Å². The lowest BCUT2D eigenvalue weighted by Gasteiger charge is -2.41. The first-order chi connectivity index (χ1) is 7.77. The molecule has 0 bridgehead atoms. The maximum absolute atomic E-state index is 11.2. The highest BCUT2D eigenvalue weighted by Gasteiger charge is 2.46. The quantitative estimate of drug-likeness (QED) is 0.642. The van der Waals surface area contributed by atoms with Crippen LogP contribution < -0.4 is 5.32 Å². The number of rotatable bonds is 0. The lowest BCUT2D eigenvalue weighted by atomic mass is 9.78. The number of carbonyl (C=O) groups is 1. The largest absolute Gasteiger partial charge is 0.465 e. The third-order valence-corrected chi connectivity index (χ3v) is 4.02. The number of nitrogens with one attached hydrogen (secondary N) is 1. The average Bonchev–Trinajstić information content (AvgIpc) is 2.73. The molecule has 16 heavy (non-hydrogen) atoms. The van der Waals surface area contributed by atoms with E-state index in [9.17, 15) is 9.90 Å². The Morgan fingerprint density at radius 2 is 2.19 bits per heavy atom. The molecule has 0 spiro atoms. The van der Waals surface area contributed by atoms with Gasteiger partial charge in [-0.25, -0.2) is 4.79 Å². The molecule has 0 aromatic heterocycles. The van der Waals surface area contributed by atoms with Crippen LogP contribution in [0, 0.1) is 11.8 Å². The van der Waals surface area contributed by atoms with Gasteiger partial charge in [-0.05, 0) is 12.3 Å². The number of allylic oxidation sites excluding steroid dienone is 2. The molecule has 4 nitrogen and oxygen atoms in total. The molecule has 3 aliphatic rings. The van der Waals surface area contributed by atoms with Crippen LogP contribution in [-0.4, -0.2) is 41.3 Å². The number of piperidine rings is 1. The van der Waals surface area contributed by atoms with Crippen molar-refractivity contribution in [2.45, 2.75) is 18.5 Å². The summed E-state index contributed by atoms with van der Waals surface area (Å²) in [5.41, 5.74) is 0. The second-order valence-electron chi connectivity index (χ2n) is 4.80. The van der Waals surface area contributed by atoms with Crippen molar-refractivity contribution < 1.29 is 9.90 Å². The normalized spacial score (nSPS) is 40.6. The van der Waals surface area contributed by atoms with Gasteiger partial charge >= 0.3 is 6.09 Å². The first-order valence-corrected chi connectivity index (χ1v) is 5.85. The molecule has 2 aliphatic heterocycles. The van der Waals surface area contributed by atoms with Crippen molar-refractivity contribution in [3.8, 4) is 0 Å². The second-order valence-corrected chi connectivity index (χ2v) is 4.80. The lowest BCUT2D eigenvalue weighted by molar-refractivity contribution is 0.106. The Bertz CT molecular complexity index is 364. The van der Waals surface area contributed by atoms with E-state index in [1.807, 2.05) is 12.2 Å². The first kappa shape index (κ1) is 9.90. The van der Waals surface area contributed by atoms with E-state index in [1.54, 1.807) is 4.90 Å². The van der Waals surface area contributed by atoms with Crippen molar-refractivity contribution in [3.63, 3.8) is 0 Å². The van der Waals surface area contributed by atoms with Crippen molar-refractivity contribution in [2.75, 3.05) is 13.1 Å². The van der Waals surface area contributed by atoms with E-state index in [4.69, 9.17) is 0 Å². The Morgan fingerprint density at radius 1 is 1.38 bits per heavy atom. The van der Waals surface area contributed by atoms with Crippen LogP contribution in [0.15, 0.2) is 24.3 Å². The molecule has 0 radical (unpaired) electrons. The topological polar surface area (TPSA) is 52.6 Å². The fraction of sp³-hybridized carbons (Fsp3) is 0.583. The van der Waals surface area contributed by atoms with Crippen molar-refractivity contribution in [3.05, 3.63) is 24.3 Å². The van der Waals surface area contributed by atoms with Gasteiger partial charge in [0.15, 0.2) is 0 Å². The Morgan fingerprint density at radius 3 is 3.00 bits per heavy atom. The first-order valence-electron chi connectivity index (χ1n) is 5.85. The Hall–Kier alpha value is -1.29. The van der Waals surface area contributed by atoms with Gasteiger partial charge in [0.25, 0.3) is 0 Å². The number of fused-ring (bicyclic) bond motifs is 3. The predicted octanol–water partition coefficient (Wildman–Crippen LogP) is 1.07. The zero-order chi connectivity index (χ0) is 11.1. The fourth-order valence-electron chi connectivity index (χ4n) is 3.29. The van der Waals surface area contributed by atoms with Gasteiger partial charge in [-0.2, -0.15) is 0 Å². The molecule has 4 atom stereocenters. The molecule has 1 aliphatic carbocycles. The van der Waals surface area contributed by atoms with Crippen LogP contribution >= 0.6 is 0 Å². The van der Waals surface area contributed by atoms with Crippen LogP contribution in [0.4, 0.5) is 4.79 Å². The maximum atomic E-state index is 11.2. The van der Waals surface area contributed by atoms with E-state index in [-0.39, 0.29) is 6.04 Å². The minimum atomic E-state index is -0.767. The molecule has 3 rings (SSSR count). The predicted molar refractivity (Wildman–Crippen MR) is 60.2 cm³/mol. The van der Waals surface area contributed by atoms with Crippen molar-refractivity contribution in [1.29, 1.82) is 0 Å². The minimum absolute atomic E-state index is 0.171. The monoisotopic (exact) mass is 220 g/mol. The van der Waals surface area contributed by atoms with E-state index < -0.39 is 6.09 Å². The van der Waals surface area contributed by atoms with Gasteiger partial charge in [-0.1, -0.05) is 24.3 Å². The molecule has 0 aromatic rings. The van der Waals surface area contributed by atoms with Gasteiger partial charge in [0.05, 0.1) is 0 Å².